The summed E-state index contributed by atoms with van der Waals surface area (Å²) in [6.07, 6.45) is 2.03. The molecule has 0 bridgehead atoms. The van der Waals surface area contributed by atoms with Gasteiger partial charge in [-0.1, -0.05) is 13.3 Å². The smallest absolute Gasteiger partial charge is 0.367 e. The molecule has 0 atom stereocenters. The zero-order valence-corrected chi connectivity index (χ0v) is 8.60. The lowest BCUT2D eigenvalue weighted by atomic mass is 10.2. The fourth-order valence-electron chi connectivity index (χ4n) is 1.28. The van der Waals surface area contributed by atoms with Crippen LogP contribution in [-0.2, 0) is 20.5 Å². The monoisotopic (exact) mass is 210 g/mol. The summed E-state index contributed by atoms with van der Waals surface area (Å²) in [7, 11) is 0. The van der Waals surface area contributed by atoms with Crippen molar-refractivity contribution < 1.29 is 19.6 Å². The van der Waals surface area contributed by atoms with Crippen molar-refractivity contribution in [2.75, 3.05) is 6.61 Å². The second-order valence-electron chi connectivity index (χ2n) is 3.47. The molecule has 1 aliphatic rings. The maximum absolute atomic E-state index is 9.13. The Labute approximate surface area is 88.3 Å². The molecule has 4 nitrogen and oxygen atoms in total. The molecule has 1 aliphatic heterocycles. The van der Waals surface area contributed by atoms with Crippen LogP contribution >= 0.6 is 0 Å². The van der Waals surface area contributed by atoms with E-state index in [-0.39, 0.29) is 5.75 Å². The van der Waals surface area contributed by atoms with Gasteiger partial charge in [-0.2, -0.15) is 9.78 Å². The van der Waals surface area contributed by atoms with Crippen molar-refractivity contribution in [1.29, 1.82) is 0 Å². The Morgan fingerprint density at radius 3 is 2.47 bits per heavy atom. The van der Waals surface area contributed by atoms with Gasteiger partial charge in [0.05, 0.1) is 6.61 Å². The number of hydrogen-bond acceptors (Lipinski definition) is 4. The number of hydrogen-bond donors (Lipinski definition) is 1. The minimum atomic E-state index is -1.02. The van der Waals surface area contributed by atoms with E-state index in [1.54, 1.807) is 24.3 Å². The first-order chi connectivity index (χ1) is 7.27. The largest absolute Gasteiger partial charge is 0.508 e. The lowest BCUT2D eigenvalue weighted by molar-refractivity contribution is -0.0610. The van der Waals surface area contributed by atoms with Gasteiger partial charge >= 0.3 is 5.97 Å². The molecule has 15 heavy (non-hydrogen) atoms. The van der Waals surface area contributed by atoms with Gasteiger partial charge < -0.3 is 9.84 Å². The first kappa shape index (κ1) is 10.4. The number of unbranched alkanes of at least 4 members (excludes halogenated alkanes) is 1. The first-order valence-corrected chi connectivity index (χ1v) is 5.07. The van der Waals surface area contributed by atoms with E-state index >= 15 is 0 Å². The summed E-state index contributed by atoms with van der Waals surface area (Å²) in [6, 6.07) is 6.58. The molecule has 1 heterocycles. The maximum atomic E-state index is 9.13. The van der Waals surface area contributed by atoms with Crippen LogP contribution < -0.4 is 0 Å². The molecule has 1 aromatic rings. The van der Waals surface area contributed by atoms with E-state index in [0.717, 1.165) is 18.4 Å². The Morgan fingerprint density at radius 2 is 1.93 bits per heavy atom. The van der Waals surface area contributed by atoms with Gasteiger partial charge in [0.1, 0.15) is 5.75 Å². The molecule has 0 aliphatic carbocycles. The Balaban J connectivity index is 1.99. The van der Waals surface area contributed by atoms with E-state index in [1.165, 1.54) is 0 Å². The van der Waals surface area contributed by atoms with Gasteiger partial charge in [0.15, 0.2) is 0 Å². The SMILES string of the molecule is CCCCOC1(c2ccc(O)cc2)OO1. The molecule has 82 valence electrons. The maximum Gasteiger partial charge on any atom is 0.367 e. The molecule has 0 spiro atoms. The van der Waals surface area contributed by atoms with Gasteiger partial charge in [-0.15, -0.1) is 0 Å². The van der Waals surface area contributed by atoms with Gasteiger partial charge in [0, 0.05) is 5.56 Å². The lowest BCUT2D eigenvalue weighted by Gasteiger charge is -2.08. The Morgan fingerprint density at radius 1 is 1.27 bits per heavy atom. The van der Waals surface area contributed by atoms with Crippen molar-refractivity contribution in [3.8, 4) is 5.75 Å². The van der Waals surface area contributed by atoms with E-state index in [1.807, 2.05) is 0 Å². The second-order valence-corrected chi connectivity index (χ2v) is 3.47. The summed E-state index contributed by atoms with van der Waals surface area (Å²) < 4.78 is 5.48. The summed E-state index contributed by atoms with van der Waals surface area (Å²) in [6.45, 7) is 2.68. The predicted octanol–water partition coefficient (Wildman–Crippen LogP) is 2.28. The molecular weight excluding hydrogens is 196 g/mol. The average Bonchev–Trinajstić information content (AvgIpc) is 3.00. The van der Waals surface area contributed by atoms with E-state index in [0.29, 0.717) is 6.61 Å². The van der Waals surface area contributed by atoms with E-state index in [2.05, 4.69) is 6.92 Å². The van der Waals surface area contributed by atoms with Crippen LogP contribution in [-0.4, -0.2) is 11.7 Å². The van der Waals surface area contributed by atoms with Crippen LogP contribution in [0.15, 0.2) is 24.3 Å². The minimum absolute atomic E-state index is 0.211. The standard InChI is InChI=1S/C11H14O4/c1-2-3-8-13-11(14-15-11)9-4-6-10(12)7-5-9/h4-7,12H,2-3,8H2,1H3. The minimum Gasteiger partial charge on any atom is -0.508 e. The molecule has 1 fully saturated rings. The molecule has 0 radical (unpaired) electrons. The zero-order valence-electron chi connectivity index (χ0n) is 8.60. The number of rotatable bonds is 5. The highest BCUT2D eigenvalue weighted by Gasteiger charge is 2.52. The summed E-state index contributed by atoms with van der Waals surface area (Å²) in [5, 5.41) is 9.13. The Hall–Kier alpha value is -1.10. The Kier molecular flexibility index (Phi) is 2.90. The summed E-state index contributed by atoms with van der Waals surface area (Å²) in [5.41, 5.74) is 0.761. The van der Waals surface area contributed by atoms with Crippen LogP contribution in [0.4, 0.5) is 0 Å². The quantitative estimate of drug-likeness (QED) is 0.460. The van der Waals surface area contributed by atoms with Gasteiger partial charge in [0.2, 0.25) is 0 Å². The highest BCUT2D eigenvalue weighted by molar-refractivity contribution is 5.28. The molecular formula is C11H14O4. The fraction of sp³-hybridized carbons (Fsp3) is 0.455. The number of benzene rings is 1. The van der Waals surface area contributed by atoms with Crippen molar-refractivity contribution in [2.45, 2.75) is 25.7 Å². The van der Waals surface area contributed by atoms with Gasteiger partial charge in [-0.3, -0.25) is 0 Å². The average molecular weight is 210 g/mol. The van der Waals surface area contributed by atoms with Crippen molar-refractivity contribution in [1.82, 2.24) is 0 Å². The molecule has 0 saturated carbocycles. The number of phenols is 1. The summed E-state index contributed by atoms with van der Waals surface area (Å²) >= 11 is 0. The molecule has 1 N–H and O–H groups in total. The molecule has 0 aromatic heterocycles. The molecule has 2 rings (SSSR count). The predicted molar refractivity (Wildman–Crippen MR) is 52.8 cm³/mol. The van der Waals surface area contributed by atoms with Crippen LogP contribution in [0.1, 0.15) is 25.3 Å². The lowest BCUT2D eigenvalue weighted by Crippen LogP contribution is -2.14. The van der Waals surface area contributed by atoms with Crippen molar-refractivity contribution >= 4 is 0 Å². The zero-order chi connectivity index (χ0) is 10.7. The summed E-state index contributed by atoms with van der Waals surface area (Å²) in [4.78, 5) is 9.73. The highest BCUT2D eigenvalue weighted by Crippen LogP contribution is 2.42. The number of ether oxygens (including phenoxy) is 1. The molecule has 0 amide bonds. The topological polar surface area (TPSA) is 54.5 Å². The normalized spacial score (nSPS) is 17.7. The Bertz CT molecular complexity index is 316. The van der Waals surface area contributed by atoms with Crippen LogP contribution in [0, 0.1) is 0 Å². The van der Waals surface area contributed by atoms with Crippen molar-refractivity contribution in [3.05, 3.63) is 29.8 Å². The number of phenolic OH excluding ortho intramolecular Hbond substituents is 1. The fourth-order valence-corrected chi connectivity index (χ4v) is 1.28. The first-order valence-electron chi connectivity index (χ1n) is 5.07. The number of aromatic hydroxyl groups is 1. The van der Waals surface area contributed by atoms with Crippen LogP contribution in [0.3, 0.4) is 0 Å². The van der Waals surface area contributed by atoms with E-state index < -0.39 is 5.97 Å². The molecule has 1 aromatic carbocycles. The third-order valence-corrected chi connectivity index (χ3v) is 2.25. The van der Waals surface area contributed by atoms with Gasteiger partial charge in [0.25, 0.3) is 0 Å². The second kappa shape index (κ2) is 4.18. The molecule has 4 heteroatoms. The van der Waals surface area contributed by atoms with E-state index in [4.69, 9.17) is 19.6 Å². The van der Waals surface area contributed by atoms with Crippen LogP contribution in [0.5, 0.6) is 5.75 Å². The molecule has 1 saturated heterocycles. The van der Waals surface area contributed by atoms with Crippen LogP contribution in [0.25, 0.3) is 0 Å². The van der Waals surface area contributed by atoms with Crippen molar-refractivity contribution in [3.63, 3.8) is 0 Å². The third kappa shape index (κ3) is 2.28. The van der Waals surface area contributed by atoms with Gasteiger partial charge in [-0.05, 0) is 30.7 Å². The van der Waals surface area contributed by atoms with Gasteiger partial charge in [-0.25, -0.2) is 0 Å². The summed E-state index contributed by atoms with van der Waals surface area (Å²) in [5.74, 6) is -0.814. The van der Waals surface area contributed by atoms with Crippen molar-refractivity contribution in [2.24, 2.45) is 0 Å². The van der Waals surface area contributed by atoms with Crippen LogP contribution in [0.2, 0.25) is 0 Å². The highest BCUT2D eigenvalue weighted by atomic mass is 17.4. The third-order valence-electron chi connectivity index (χ3n) is 2.25. The van der Waals surface area contributed by atoms with E-state index in [9.17, 15) is 0 Å². The molecule has 0 unspecified atom stereocenters.